The monoisotopic (exact) mass is 302 g/mol. The lowest BCUT2D eigenvalue weighted by Gasteiger charge is -2.05. The molecule has 3 heterocycles. The van der Waals surface area contributed by atoms with Crippen molar-refractivity contribution < 1.29 is 9.21 Å². The van der Waals surface area contributed by atoms with Crippen molar-refractivity contribution in [2.75, 3.05) is 5.32 Å². The quantitative estimate of drug-likeness (QED) is 0.790. The summed E-state index contributed by atoms with van der Waals surface area (Å²) in [5.41, 5.74) is 0.104. The van der Waals surface area contributed by atoms with Crippen LogP contribution in [-0.2, 0) is 11.3 Å². The molecule has 0 atom stereocenters. The molecular weight excluding hydrogens is 292 g/mol. The number of carbonyl (C=O) groups is 1. The van der Waals surface area contributed by atoms with Gasteiger partial charge in [-0.1, -0.05) is 0 Å². The lowest BCUT2D eigenvalue weighted by atomic mass is 10.3. The second-order valence-electron chi connectivity index (χ2n) is 4.10. The minimum Gasteiger partial charge on any atom is -0.463 e. The molecule has 0 aromatic carbocycles. The van der Waals surface area contributed by atoms with E-state index >= 15 is 0 Å². The molecule has 0 bridgehead atoms. The summed E-state index contributed by atoms with van der Waals surface area (Å²) in [5.74, 6) is 0.172. The summed E-state index contributed by atoms with van der Waals surface area (Å²) in [6.07, 6.45) is 4.41. The van der Waals surface area contributed by atoms with Gasteiger partial charge in [0.05, 0.1) is 12.6 Å². The Morgan fingerprint density at radius 1 is 1.43 bits per heavy atom. The van der Waals surface area contributed by atoms with Crippen LogP contribution in [0.5, 0.6) is 0 Å². The average molecular weight is 302 g/mol. The molecule has 0 aliphatic heterocycles. The zero-order valence-corrected chi connectivity index (χ0v) is 11.5. The highest BCUT2D eigenvalue weighted by Crippen LogP contribution is 2.14. The van der Waals surface area contributed by atoms with Crippen LogP contribution in [0.15, 0.2) is 51.6 Å². The normalized spacial score (nSPS) is 10.5. The number of carbonyl (C=O) groups excluding carboxylic acids is 1. The van der Waals surface area contributed by atoms with Gasteiger partial charge in [0.25, 0.3) is 5.56 Å². The molecule has 0 aliphatic rings. The molecule has 0 aliphatic carbocycles. The first-order valence-corrected chi connectivity index (χ1v) is 6.90. The maximum atomic E-state index is 12.0. The van der Waals surface area contributed by atoms with E-state index in [1.807, 2.05) is 0 Å². The molecule has 1 amide bonds. The Morgan fingerprint density at radius 2 is 2.33 bits per heavy atom. The van der Waals surface area contributed by atoms with Crippen LogP contribution in [0.4, 0.5) is 5.13 Å². The minimum absolute atomic E-state index is 0.121. The van der Waals surface area contributed by atoms with Crippen LogP contribution in [0, 0.1) is 0 Å². The minimum atomic E-state index is -0.334. The summed E-state index contributed by atoms with van der Waals surface area (Å²) in [7, 11) is 0. The van der Waals surface area contributed by atoms with Gasteiger partial charge in [0.1, 0.15) is 12.2 Å². The number of hydrogen-bond acceptors (Lipinski definition) is 6. The zero-order valence-electron chi connectivity index (χ0n) is 10.7. The average Bonchev–Trinajstić information content (AvgIpc) is 3.13. The molecule has 3 rings (SSSR count). The van der Waals surface area contributed by atoms with E-state index in [1.165, 1.54) is 34.6 Å². The molecule has 0 saturated heterocycles. The fraction of sp³-hybridized carbons (Fsp3) is 0.0769. The number of thiazole rings is 1. The fourth-order valence-electron chi connectivity index (χ4n) is 1.70. The van der Waals surface area contributed by atoms with E-state index in [0.717, 1.165) is 0 Å². The second-order valence-corrected chi connectivity index (χ2v) is 5.00. The molecular formula is C13H10N4O3S. The Kier molecular flexibility index (Phi) is 3.61. The Balaban J connectivity index is 1.74. The van der Waals surface area contributed by atoms with Crippen LogP contribution in [-0.4, -0.2) is 20.4 Å². The maximum Gasteiger partial charge on any atom is 0.254 e. The lowest BCUT2D eigenvalue weighted by Crippen LogP contribution is -2.27. The number of rotatable bonds is 4. The maximum absolute atomic E-state index is 12.0. The van der Waals surface area contributed by atoms with Gasteiger partial charge in [-0.15, -0.1) is 11.3 Å². The first kappa shape index (κ1) is 13.3. The van der Waals surface area contributed by atoms with E-state index in [1.54, 1.807) is 23.7 Å². The molecule has 106 valence electrons. The number of amides is 1. The smallest absolute Gasteiger partial charge is 0.254 e. The van der Waals surface area contributed by atoms with Crippen LogP contribution >= 0.6 is 11.3 Å². The molecule has 3 aromatic heterocycles. The van der Waals surface area contributed by atoms with Crippen LogP contribution in [0.3, 0.4) is 0 Å². The highest BCUT2D eigenvalue weighted by Gasteiger charge is 2.09. The molecule has 0 spiro atoms. The third kappa shape index (κ3) is 3.06. The van der Waals surface area contributed by atoms with Crippen molar-refractivity contribution in [1.82, 2.24) is 14.5 Å². The Labute approximate surface area is 122 Å². The summed E-state index contributed by atoms with van der Waals surface area (Å²) in [4.78, 5) is 31.8. The largest absolute Gasteiger partial charge is 0.463 e. The topological polar surface area (TPSA) is 90.0 Å². The molecule has 0 fully saturated rings. The third-order valence-electron chi connectivity index (χ3n) is 2.65. The van der Waals surface area contributed by atoms with Gasteiger partial charge in [-0.3, -0.25) is 14.2 Å². The zero-order chi connectivity index (χ0) is 14.7. The summed E-state index contributed by atoms with van der Waals surface area (Å²) < 4.78 is 6.39. The van der Waals surface area contributed by atoms with Crippen molar-refractivity contribution in [3.8, 4) is 11.5 Å². The summed E-state index contributed by atoms with van der Waals surface area (Å²) in [5, 5.41) is 4.85. The van der Waals surface area contributed by atoms with Crippen molar-refractivity contribution >= 4 is 22.4 Å². The molecule has 1 N–H and O–H groups in total. The van der Waals surface area contributed by atoms with Gasteiger partial charge >= 0.3 is 0 Å². The van der Waals surface area contributed by atoms with E-state index < -0.39 is 0 Å². The number of furan rings is 1. The van der Waals surface area contributed by atoms with Crippen molar-refractivity contribution in [2.45, 2.75) is 6.54 Å². The summed E-state index contributed by atoms with van der Waals surface area (Å²) >= 11 is 1.31. The predicted molar refractivity (Wildman–Crippen MR) is 76.9 cm³/mol. The molecule has 8 heteroatoms. The van der Waals surface area contributed by atoms with Crippen LogP contribution in [0.2, 0.25) is 0 Å². The molecule has 21 heavy (non-hydrogen) atoms. The van der Waals surface area contributed by atoms with Gasteiger partial charge in [0.15, 0.2) is 10.9 Å². The standard InChI is InChI=1S/C13H10N4O3S/c18-11(16-13-14-3-5-21-13)7-17-8-15-9(6-12(17)19)10-2-1-4-20-10/h1-6,8H,7H2,(H,14,16,18). The Morgan fingerprint density at radius 3 is 3.00 bits per heavy atom. The number of nitrogens with zero attached hydrogens (tertiary/aromatic N) is 3. The second kappa shape index (κ2) is 5.71. The fourth-order valence-corrected chi connectivity index (χ4v) is 2.25. The molecule has 0 saturated carbocycles. The highest BCUT2D eigenvalue weighted by atomic mass is 32.1. The van der Waals surface area contributed by atoms with E-state index in [-0.39, 0.29) is 18.0 Å². The Hall–Kier alpha value is -2.74. The van der Waals surface area contributed by atoms with Gasteiger partial charge < -0.3 is 9.73 Å². The summed E-state index contributed by atoms with van der Waals surface area (Å²) in [6.45, 7) is -0.121. The van der Waals surface area contributed by atoms with Gasteiger partial charge in [-0.2, -0.15) is 0 Å². The Bertz CT molecular complexity index is 793. The van der Waals surface area contributed by atoms with Crippen molar-refractivity contribution in [3.05, 3.63) is 52.7 Å². The molecule has 0 radical (unpaired) electrons. The lowest BCUT2D eigenvalue weighted by molar-refractivity contribution is -0.116. The van der Waals surface area contributed by atoms with Crippen LogP contribution in [0.25, 0.3) is 11.5 Å². The number of anilines is 1. The van der Waals surface area contributed by atoms with Gasteiger partial charge in [-0.05, 0) is 12.1 Å². The predicted octanol–water partition coefficient (Wildman–Crippen LogP) is 1.60. The van der Waals surface area contributed by atoms with Gasteiger partial charge in [-0.25, -0.2) is 9.97 Å². The van der Waals surface area contributed by atoms with Crippen molar-refractivity contribution in [1.29, 1.82) is 0 Å². The number of nitrogens with one attached hydrogen (secondary N) is 1. The third-order valence-corrected chi connectivity index (χ3v) is 3.33. The van der Waals surface area contributed by atoms with Gasteiger partial charge in [0, 0.05) is 17.6 Å². The van der Waals surface area contributed by atoms with Crippen molar-refractivity contribution in [3.63, 3.8) is 0 Å². The molecule has 0 unspecified atom stereocenters. The summed E-state index contributed by atoms with van der Waals surface area (Å²) in [6, 6.07) is 4.75. The SMILES string of the molecule is O=C(Cn1cnc(-c2ccco2)cc1=O)Nc1nccs1. The number of aromatic nitrogens is 3. The van der Waals surface area contributed by atoms with E-state index in [9.17, 15) is 9.59 Å². The molecule has 3 aromatic rings. The molecule has 7 nitrogen and oxygen atoms in total. The highest BCUT2D eigenvalue weighted by molar-refractivity contribution is 7.13. The first-order chi connectivity index (χ1) is 10.2. The van der Waals surface area contributed by atoms with Crippen LogP contribution < -0.4 is 10.9 Å². The van der Waals surface area contributed by atoms with E-state index in [0.29, 0.717) is 16.6 Å². The van der Waals surface area contributed by atoms with Crippen LogP contribution in [0.1, 0.15) is 0 Å². The van der Waals surface area contributed by atoms with E-state index in [2.05, 4.69) is 15.3 Å². The first-order valence-electron chi connectivity index (χ1n) is 6.02. The van der Waals surface area contributed by atoms with Crippen molar-refractivity contribution in [2.24, 2.45) is 0 Å². The van der Waals surface area contributed by atoms with E-state index in [4.69, 9.17) is 4.42 Å². The number of hydrogen-bond donors (Lipinski definition) is 1. The van der Waals surface area contributed by atoms with Gasteiger partial charge in [0.2, 0.25) is 5.91 Å².